The Bertz CT molecular complexity index is 769. The van der Waals surface area contributed by atoms with Crippen LogP contribution >= 0.6 is 0 Å². The molecule has 0 radical (unpaired) electrons. The normalized spacial score (nSPS) is 18.9. The van der Waals surface area contributed by atoms with Crippen LogP contribution in [0.1, 0.15) is 72.2 Å². The minimum atomic E-state index is -0.834. The van der Waals surface area contributed by atoms with Crippen molar-refractivity contribution in [2.45, 2.75) is 51.6 Å². The Morgan fingerprint density at radius 1 is 0.833 bits per heavy atom. The van der Waals surface area contributed by atoms with Crippen molar-refractivity contribution in [1.29, 1.82) is 0 Å². The Morgan fingerprint density at radius 2 is 1.37 bits per heavy atom. The standard InChI is InChI=1S/C23H29NO6/c1-2-17-7-9-19(10-8-17)22-27-29-23(30-28-22)20-13-11-18(12-14-20)21(26)24-15-5-3-4-6-16-25/h7-14,22-23,25H,2-6,15-16H2,1H3,(H,24,26). The van der Waals surface area contributed by atoms with Crippen molar-refractivity contribution < 1.29 is 29.5 Å². The Hall–Kier alpha value is -2.29. The molecule has 1 heterocycles. The zero-order chi connectivity index (χ0) is 21.2. The van der Waals surface area contributed by atoms with Gasteiger partial charge in [0.25, 0.3) is 5.91 Å². The molecule has 0 saturated carbocycles. The van der Waals surface area contributed by atoms with Gasteiger partial charge in [0, 0.05) is 29.8 Å². The van der Waals surface area contributed by atoms with Crippen LogP contribution in [0.15, 0.2) is 48.5 Å². The number of nitrogens with one attached hydrogen (secondary N) is 1. The Balaban J connectivity index is 1.44. The lowest BCUT2D eigenvalue weighted by Gasteiger charge is -2.27. The number of aryl methyl sites for hydroxylation is 1. The van der Waals surface area contributed by atoms with Crippen molar-refractivity contribution in [3.8, 4) is 0 Å². The topological polar surface area (TPSA) is 86.3 Å². The molecular formula is C23H29NO6. The number of aliphatic hydroxyl groups is 1. The van der Waals surface area contributed by atoms with Gasteiger partial charge in [-0.05, 0) is 37.0 Å². The van der Waals surface area contributed by atoms with Crippen LogP contribution in [-0.2, 0) is 26.0 Å². The van der Waals surface area contributed by atoms with E-state index in [1.165, 1.54) is 5.56 Å². The average molecular weight is 415 g/mol. The van der Waals surface area contributed by atoms with E-state index in [1.54, 1.807) is 24.3 Å². The Morgan fingerprint density at radius 3 is 1.90 bits per heavy atom. The van der Waals surface area contributed by atoms with Crippen LogP contribution in [0, 0.1) is 0 Å². The molecule has 0 aliphatic carbocycles. The highest BCUT2D eigenvalue weighted by atomic mass is 17.4. The molecular weight excluding hydrogens is 386 g/mol. The van der Waals surface area contributed by atoms with Gasteiger partial charge < -0.3 is 10.4 Å². The second-order valence-corrected chi connectivity index (χ2v) is 7.16. The van der Waals surface area contributed by atoms with Crippen molar-refractivity contribution in [2.75, 3.05) is 13.2 Å². The highest BCUT2D eigenvalue weighted by molar-refractivity contribution is 5.94. The number of carbonyl (C=O) groups is 1. The highest BCUT2D eigenvalue weighted by Crippen LogP contribution is 2.32. The lowest BCUT2D eigenvalue weighted by atomic mass is 10.1. The fraction of sp³-hybridized carbons (Fsp3) is 0.435. The van der Waals surface area contributed by atoms with Gasteiger partial charge >= 0.3 is 0 Å². The lowest BCUT2D eigenvalue weighted by molar-refractivity contribution is -0.600. The van der Waals surface area contributed by atoms with Crippen molar-refractivity contribution >= 4 is 5.91 Å². The molecule has 0 unspecified atom stereocenters. The first-order chi connectivity index (χ1) is 14.7. The number of aliphatic hydroxyl groups excluding tert-OH is 1. The second-order valence-electron chi connectivity index (χ2n) is 7.16. The maximum absolute atomic E-state index is 12.2. The molecule has 2 aromatic carbocycles. The molecule has 1 aliphatic rings. The van der Waals surface area contributed by atoms with E-state index in [1.807, 2.05) is 24.3 Å². The third kappa shape index (κ3) is 6.35. The predicted molar refractivity (Wildman–Crippen MR) is 110 cm³/mol. The number of unbranched alkanes of at least 4 members (excludes halogenated alkanes) is 3. The summed E-state index contributed by atoms with van der Waals surface area (Å²) in [4.78, 5) is 33.5. The van der Waals surface area contributed by atoms with E-state index in [4.69, 9.17) is 24.7 Å². The molecule has 1 amide bonds. The predicted octanol–water partition coefficient (Wildman–Crippen LogP) is 4.14. The molecule has 1 saturated heterocycles. The smallest absolute Gasteiger partial charge is 0.251 e. The summed E-state index contributed by atoms with van der Waals surface area (Å²) < 4.78 is 0. The van der Waals surface area contributed by atoms with E-state index >= 15 is 0 Å². The molecule has 0 bridgehead atoms. The number of hydrogen-bond donors (Lipinski definition) is 2. The van der Waals surface area contributed by atoms with Gasteiger partial charge in [0.05, 0.1) is 0 Å². The van der Waals surface area contributed by atoms with E-state index < -0.39 is 12.6 Å². The molecule has 162 valence electrons. The zero-order valence-corrected chi connectivity index (χ0v) is 17.2. The summed E-state index contributed by atoms with van der Waals surface area (Å²) in [6.45, 7) is 2.93. The molecule has 7 heteroatoms. The van der Waals surface area contributed by atoms with Crippen LogP contribution in [0.25, 0.3) is 0 Å². The number of amides is 1. The first kappa shape index (κ1) is 22.4. The molecule has 7 nitrogen and oxygen atoms in total. The van der Waals surface area contributed by atoms with Crippen molar-refractivity contribution in [3.63, 3.8) is 0 Å². The quantitative estimate of drug-likeness (QED) is 0.448. The van der Waals surface area contributed by atoms with Crippen LogP contribution in [0.4, 0.5) is 0 Å². The van der Waals surface area contributed by atoms with Crippen molar-refractivity contribution in [3.05, 3.63) is 70.8 Å². The molecule has 0 aromatic heterocycles. The highest BCUT2D eigenvalue weighted by Gasteiger charge is 2.28. The van der Waals surface area contributed by atoms with Crippen LogP contribution in [-0.4, -0.2) is 24.2 Å². The third-order valence-electron chi connectivity index (χ3n) is 4.94. The van der Waals surface area contributed by atoms with E-state index in [9.17, 15) is 4.79 Å². The second kappa shape index (κ2) is 11.8. The van der Waals surface area contributed by atoms with E-state index in [0.717, 1.165) is 37.7 Å². The average Bonchev–Trinajstić information content (AvgIpc) is 2.81. The minimum Gasteiger partial charge on any atom is -0.396 e. The van der Waals surface area contributed by atoms with Crippen LogP contribution in [0.5, 0.6) is 0 Å². The van der Waals surface area contributed by atoms with E-state index in [2.05, 4.69) is 12.2 Å². The van der Waals surface area contributed by atoms with Gasteiger partial charge in [0.1, 0.15) is 0 Å². The maximum Gasteiger partial charge on any atom is 0.251 e. The van der Waals surface area contributed by atoms with Crippen LogP contribution in [0.2, 0.25) is 0 Å². The molecule has 2 N–H and O–H groups in total. The fourth-order valence-corrected chi connectivity index (χ4v) is 3.05. The fourth-order valence-electron chi connectivity index (χ4n) is 3.05. The summed E-state index contributed by atoms with van der Waals surface area (Å²) in [6.07, 6.45) is 3.02. The lowest BCUT2D eigenvalue weighted by Crippen LogP contribution is -2.25. The summed E-state index contributed by atoms with van der Waals surface area (Å²) in [6, 6.07) is 14.7. The van der Waals surface area contributed by atoms with Crippen LogP contribution < -0.4 is 5.32 Å². The monoisotopic (exact) mass is 415 g/mol. The molecule has 2 aromatic rings. The van der Waals surface area contributed by atoms with Gasteiger partial charge in [-0.3, -0.25) is 4.79 Å². The molecule has 1 fully saturated rings. The molecule has 0 spiro atoms. The van der Waals surface area contributed by atoms with E-state index in [0.29, 0.717) is 17.7 Å². The summed E-state index contributed by atoms with van der Waals surface area (Å²) in [5.41, 5.74) is 3.25. The van der Waals surface area contributed by atoms with Gasteiger partial charge in [-0.15, -0.1) is 0 Å². The summed E-state index contributed by atoms with van der Waals surface area (Å²) in [7, 11) is 0. The number of rotatable bonds is 10. The third-order valence-corrected chi connectivity index (χ3v) is 4.94. The molecule has 3 rings (SSSR count). The first-order valence-corrected chi connectivity index (χ1v) is 10.4. The first-order valence-electron chi connectivity index (χ1n) is 10.4. The van der Waals surface area contributed by atoms with Gasteiger partial charge in [-0.25, -0.2) is 0 Å². The number of carbonyl (C=O) groups excluding carboxylic acids is 1. The minimum absolute atomic E-state index is 0.128. The summed E-state index contributed by atoms with van der Waals surface area (Å²) in [5, 5.41) is 11.6. The van der Waals surface area contributed by atoms with Crippen LogP contribution in [0.3, 0.4) is 0 Å². The van der Waals surface area contributed by atoms with Crippen molar-refractivity contribution in [2.24, 2.45) is 0 Å². The SMILES string of the molecule is CCc1ccc(C2OOC(c3ccc(C(=O)NCCCCCCO)cc3)OO2)cc1. The van der Waals surface area contributed by atoms with E-state index in [-0.39, 0.29) is 12.5 Å². The van der Waals surface area contributed by atoms with Gasteiger partial charge in [-0.1, -0.05) is 56.2 Å². The summed E-state index contributed by atoms with van der Waals surface area (Å²) in [5.74, 6) is -0.128. The Labute approximate surface area is 176 Å². The number of benzene rings is 2. The van der Waals surface area contributed by atoms with Crippen molar-refractivity contribution in [1.82, 2.24) is 5.32 Å². The Kier molecular flexibility index (Phi) is 8.80. The molecule has 30 heavy (non-hydrogen) atoms. The summed E-state index contributed by atoms with van der Waals surface area (Å²) >= 11 is 0. The largest absolute Gasteiger partial charge is 0.396 e. The number of hydrogen-bond acceptors (Lipinski definition) is 6. The van der Waals surface area contributed by atoms with Gasteiger partial charge in [-0.2, -0.15) is 19.6 Å². The molecule has 1 aliphatic heterocycles. The zero-order valence-electron chi connectivity index (χ0n) is 17.2. The molecule has 0 atom stereocenters. The maximum atomic E-state index is 12.2. The van der Waals surface area contributed by atoms with Gasteiger partial charge in [0.15, 0.2) is 0 Å². The van der Waals surface area contributed by atoms with Gasteiger partial charge in [0.2, 0.25) is 12.6 Å².